The van der Waals surface area contributed by atoms with Gasteiger partial charge in [0.25, 0.3) is 0 Å². The molecule has 0 unspecified atom stereocenters. The first-order valence-corrected chi connectivity index (χ1v) is 8.52. The Kier molecular flexibility index (Phi) is 3.47. The summed E-state index contributed by atoms with van der Waals surface area (Å²) in [5.74, 6) is -1.61. The quantitative estimate of drug-likeness (QED) is 0.605. The van der Waals surface area contributed by atoms with Crippen molar-refractivity contribution < 1.29 is 26.9 Å². The molecule has 2 aliphatic carbocycles. The Bertz CT molecular complexity index is 711. The maximum atomic E-state index is 12.1. The highest BCUT2D eigenvalue weighted by molar-refractivity contribution is 7.87. The van der Waals surface area contributed by atoms with E-state index in [0.29, 0.717) is 12.8 Å². The highest BCUT2D eigenvalue weighted by Gasteiger charge is 2.58. The van der Waals surface area contributed by atoms with Crippen molar-refractivity contribution in [3.63, 3.8) is 0 Å². The highest BCUT2D eigenvalue weighted by Crippen LogP contribution is 2.44. The first-order valence-electron chi connectivity index (χ1n) is 7.11. The van der Waals surface area contributed by atoms with Crippen LogP contribution in [0.2, 0.25) is 0 Å². The molecule has 2 aliphatic rings. The molecule has 0 radical (unpaired) electrons. The van der Waals surface area contributed by atoms with E-state index in [1.54, 1.807) is 12.1 Å². The van der Waals surface area contributed by atoms with Crippen LogP contribution in [0.5, 0.6) is 0 Å². The van der Waals surface area contributed by atoms with Crippen molar-refractivity contribution in [3.05, 3.63) is 29.8 Å². The van der Waals surface area contributed by atoms with Crippen LogP contribution >= 0.6 is 0 Å². The van der Waals surface area contributed by atoms with Gasteiger partial charge in [-0.25, -0.2) is 4.79 Å². The predicted molar refractivity (Wildman–Crippen MR) is 75.2 cm³/mol. The Labute approximate surface area is 128 Å². The zero-order valence-electron chi connectivity index (χ0n) is 12.1. The molecule has 2 saturated carbocycles. The maximum absolute atomic E-state index is 12.1. The van der Waals surface area contributed by atoms with Gasteiger partial charge >= 0.3 is 22.1 Å². The molecule has 0 saturated heterocycles. The van der Waals surface area contributed by atoms with E-state index in [0.717, 1.165) is 18.4 Å². The summed E-state index contributed by atoms with van der Waals surface area (Å²) < 4.78 is 34.0. The minimum absolute atomic E-state index is 0.101. The van der Waals surface area contributed by atoms with Crippen LogP contribution in [-0.2, 0) is 28.6 Å². The predicted octanol–water partition coefficient (Wildman–Crippen LogP) is 1.71. The summed E-state index contributed by atoms with van der Waals surface area (Å²) in [4.78, 5) is 23.6. The minimum Gasteiger partial charge on any atom is -0.447 e. The van der Waals surface area contributed by atoms with E-state index in [2.05, 4.69) is 4.18 Å². The molecule has 0 spiro atoms. The molecule has 6 nitrogen and oxygen atoms in total. The summed E-state index contributed by atoms with van der Waals surface area (Å²) in [5, 5.41) is 0. The molecular weight excluding hydrogens is 308 g/mol. The van der Waals surface area contributed by atoms with Crippen LogP contribution in [0, 0.1) is 12.8 Å². The van der Waals surface area contributed by atoms with Crippen LogP contribution in [0.25, 0.3) is 0 Å². The zero-order valence-corrected chi connectivity index (χ0v) is 12.9. The Balaban J connectivity index is 1.70. The van der Waals surface area contributed by atoms with Crippen LogP contribution < -0.4 is 0 Å². The van der Waals surface area contributed by atoms with Crippen molar-refractivity contribution in [1.29, 1.82) is 0 Å². The van der Waals surface area contributed by atoms with Gasteiger partial charge in [0.2, 0.25) is 5.60 Å². The van der Waals surface area contributed by atoms with Gasteiger partial charge in [0, 0.05) is 12.8 Å². The zero-order chi connectivity index (χ0) is 16.0. The summed E-state index contributed by atoms with van der Waals surface area (Å²) in [5.41, 5.74) is -0.514. The van der Waals surface area contributed by atoms with Gasteiger partial charge in [-0.2, -0.15) is 8.42 Å². The first-order chi connectivity index (χ1) is 10.3. The van der Waals surface area contributed by atoms with Gasteiger partial charge < -0.3 is 8.92 Å². The number of carbonyl (C=O) groups excluding carboxylic acids is 2. The Morgan fingerprint density at radius 2 is 1.73 bits per heavy atom. The van der Waals surface area contributed by atoms with Crippen molar-refractivity contribution in [2.24, 2.45) is 5.92 Å². The van der Waals surface area contributed by atoms with Crippen molar-refractivity contribution in [2.75, 3.05) is 0 Å². The van der Waals surface area contributed by atoms with Gasteiger partial charge in [-0.05, 0) is 31.9 Å². The summed E-state index contributed by atoms with van der Waals surface area (Å²) in [7, 11) is -4.20. The average Bonchev–Trinajstić information content (AvgIpc) is 3.33. The molecule has 0 heterocycles. The smallest absolute Gasteiger partial charge is 0.366 e. The molecule has 0 N–H and O–H groups in total. The molecule has 3 rings (SSSR count). The van der Waals surface area contributed by atoms with E-state index in [4.69, 9.17) is 4.74 Å². The number of hydrogen-bond acceptors (Lipinski definition) is 6. The maximum Gasteiger partial charge on any atom is 0.366 e. The van der Waals surface area contributed by atoms with Gasteiger partial charge in [0.15, 0.2) is 0 Å². The summed E-state index contributed by atoms with van der Waals surface area (Å²) in [6.07, 6.45) is 2.11. The summed E-state index contributed by atoms with van der Waals surface area (Å²) in [6, 6.07) is 5.96. The number of rotatable bonds is 5. The fraction of sp³-hybridized carbons (Fsp3) is 0.467. The number of esters is 1. The molecule has 0 aromatic heterocycles. The number of hydrogen-bond donors (Lipinski definition) is 0. The molecular formula is C15H16O6S. The topological polar surface area (TPSA) is 86.7 Å². The van der Waals surface area contributed by atoms with Crippen molar-refractivity contribution in [2.45, 2.75) is 43.1 Å². The SMILES string of the molecule is Cc1ccc(S(=O)(=O)OC(=O)C2(OC(=O)C3CC3)CC2)cc1. The summed E-state index contributed by atoms with van der Waals surface area (Å²) >= 11 is 0. The lowest BCUT2D eigenvalue weighted by Gasteiger charge is -2.15. The highest BCUT2D eigenvalue weighted by atomic mass is 32.2. The van der Waals surface area contributed by atoms with Crippen LogP contribution in [0.15, 0.2) is 29.2 Å². The average molecular weight is 324 g/mol. The monoisotopic (exact) mass is 324 g/mol. The Morgan fingerprint density at radius 1 is 1.14 bits per heavy atom. The van der Waals surface area contributed by atoms with Crippen LogP contribution in [0.4, 0.5) is 0 Å². The Hall–Kier alpha value is -1.89. The fourth-order valence-corrected chi connectivity index (χ4v) is 2.90. The van der Waals surface area contributed by atoms with Gasteiger partial charge in [-0.1, -0.05) is 17.7 Å². The van der Waals surface area contributed by atoms with E-state index >= 15 is 0 Å². The van der Waals surface area contributed by atoms with Crippen molar-refractivity contribution in [3.8, 4) is 0 Å². The van der Waals surface area contributed by atoms with Crippen LogP contribution in [0.1, 0.15) is 31.2 Å². The van der Waals surface area contributed by atoms with Gasteiger partial charge in [-0.15, -0.1) is 0 Å². The lowest BCUT2D eigenvalue weighted by molar-refractivity contribution is -0.166. The number of carbonyl (C=O) groups is 2. The molecule has 1 aromatic rings. The molecule has 0 amide bonds. The normalized spacial score (nSPS) is 19.3. The molecule has 118 valence electrons. The number of aryl methyl sites for hydroxylation is 1. The molecule has 7 heteroatoms. The van der Waals surface area contributed by atoms with Crippen molar-refractivity contribution >= 4 is 22.1 Å². The van der Waals surface area contributed by atoms with E-state index in [9.17, 15) is 18.0 Å². The number of benzene rings is 1. The van der Waals surface area contributed by atoms with Crippen LogP contribution in [0.3, 0.4) is 0 Å². The lowest BCUT2D eigenvalue weighted by atomic mass is 10.2. The third kappa shape index (κ3) is 2.99. The lowest BCUT2D eigenvalue weighted by Crippen LogP contribution is -2.33. The second-order valence-corrected chi connectivity index (χ2v) is 7.37. The third-order valence-corrected chi connectivity index (χ3v) is 5.00. The number of ether oxygens (including phenoxy) is 1. The fourth-order valence-electron chi connectivity index (χ4n) is 1.98. The molecule has 22 heavy (non-hydrogen) atoms. The van der Waals surface area contributed by atoms with E-state index in [1.807, 2.05) is 6.92 Å². The van der Waals surface area contributed by atoms with Crippen molar-refractivity contribution in [1.82, 2.24) is 0 Å². The molecule has 0 bridgehead atoms. The van der Waals surface area contributed by atoms with E-state index in [1.165, 1.54) is 12.1 Å². The van der Waals surface area contributed by atoms with Crippen LogP contribution in [-0.4, -0.2) is 26.0 Å². The third-order valence-electron chi connectivity index (χ3n) is 3.78. The largest absolute Gasteiger partial charge is 0.447 e. The molecule has 0 atom stereocenters. The minimum atomic E-state index is -4.20. The molecule has 1 aromatic carbocycles. The van der Waals surface area contributed by atoms with Gasteiger partial charge in [0.05, 0.1) is 5.92 Å². The molecule has 2 fully saturated rings. The van der Waals surface area contributed by atoms with E-state index in [-0.39, 0.29) is 10.8 Å². The molecule has 0 aliphatic heterocycles. The first kappa shape index (κ1) is 15.0. The van der Waals surface area contributed by atoms with Gasteiger partial charge in [-0.3, -0.25) is 4.79 Å². The second kappa shape index (κ2) is 5.08. The Morgan fingerprint density at radius 3 is 2.23 bits per heavy atom. The summed E-state index contributed by atoms with van der Waals surface area (Å²) in [6.45, 7) is 1.82. The second-order valence-electron chi connectivity index (χ2n) is 5.83. The van der Waals surface area contributed by atoms with Gasteiger partial charge in [0.1, 0.15) is 4.90 Å². The standard InChI is InChI=1S/C15H16O6S/c1-10-2-6-12(7-3-10)22(18,19)21-14(17)15(8-9-15)20-13(16)11-4-5-11/h2-3,6-7,11H,4-5,8-9H2,1H3. The van der Waals surface area contributed by atoms with E-state index < -0.39 is 27.7 Å².